The van der Waals surface area contributed by atoms with Crippen LogP contribution in [0.4, 0.5) is 0 Å². The van der Waals surface area contributed by atoms with Gasteiger partial charge in [0, 0.05) is 11.8 Å². The number of benzene rings is 1. The van der Waals surface area contributed by atoms with Crippen molar-refractivity contribution in [2.24, 2.45) is 0 Å². The van der Waals surface area contributed by atoms with Crippen LogP contribution in [-0.4, -0.2) is 27.2 Å². The van der Waals surface area contributed by atoms with Crippen LogP contribution in [0.25, 0.3) is 5.65 Å². The van der Waals surface area contributed by atoms with E-state index in [1.807, 2.05) is 24.3 Å². The standard InChI is InChI=1S/C17H16ClN3O3/c1-2-23-17(22)9-12-5-3-4-6-14(12)24-11-16-20-19-15-8-7-13(18)10-21(15)16/h3-8,10H,2,9,11H2,1H3. The molecule has 0 aliphatic heterocycles. The number of ether oxygens (including phenoxy) is 2. The van der Waals surface area contributed by atoms with Crippen molar-refractivity contribution in [3.8, 4) is 5.75 Å². The zero-order chi connectivity index (χ0) is 16.9. The second-order valence-corrected chi connectivity index (χ2v) is 5.51. The number of para-hydroxylation sites is 1. The van der Waals surface area contributed by atoms with E-state index in [-0.39, 0.29) is 19.0 Å². The maximum atomic E-state index is 11.7. The Hall–Kier alpha value is -2.60. The number of rotatable bonds is 6. The third-order valence-corrected chi connectivity index (χ3v) is 3.63. The lowest BCUT2D eigenvalue weighted by molar-refractivity contribution is -0.142. The molecule has 0 unspecified atom stereocenters. The summed E-state index contributed by atoms with van der Waals surface area (Å²) in [5.74, 6) is 0.955. The van der Waals surface area contributed by atoms with Crippen LogP contribution in [0.3, 0.4) is 0 Å². The van der Waals surface area contributed by atoms with Crippen molar-refractivity contribution in [1.29, 1.82) is 0 Å². The van der Waals surface area contributed by atoms with Gasteiger partial charge in [-0.2, -0.15) is 0 Å². The van der Waals surface area contributed by atoms with Crippen LogP contribution in [0.15, 0.2) is 42.6 Å². The fraction of sp³-hybridized carbons (Fsp3) is 0.235. The number of halogens is 1. The number of pyridine rings is 1. The average molecular weight is 346 g/mol. The van der Waals surface area contributed by atoms with Crippen molar-refractivity contribution < 1.29 is 14.3 Å². The fourth-order valence-corrected chi connectivity index (χ4v) is 2.47. The summed E-state index contributed by atoms with van der Waals surface area (Å²) in [6, 6.07) is 10.9. The summed E-state index contributed by atoms with van der Waals surface area (Å²) >= 11 is 6.01. The highest BCUT2D eigenvalue weighted by atomic mass is 35.5. The van der Waals surface area contributed by atoms with Gasteiger partial charge >= 0.3 is 5.97 Å². The van der Waals surface area contributed by atoms with Gasteiger partial charge in [-0.1, -0.05) is 29.8 Å². The summed E-state index contributed by atoms with van der Waals surface area (Å²) in [4.78, 5) is 11.7. The van der Waals surface area contributed by atoms with Gasteiger partial charge in [0.1, 0.15) is 12.4 Å². The highest BCUT2D eigenvalue weighted by Crippen LogP contribution is 2.20. The lowest BCUT2D eigenvalue weighted by Crippen LogP contribution is -2.09. The van der Waals surface area contributed by atoms with Gasteiger partial charge < -0.3 is 9.47 Å². The van der Waals surface area contributed by atoms with Crippen LogP contribution in [0.1, 0.15) is 18.3 Å². The number of esters is 1. The molecule has 6 nitrogen and oxygen atoms in total. The average Bonchev–Trinajstić information content (AvgIpc) is 2.96. The first kappa shape index (κ1) is 16.3. The number of hydrogen-bond donors (Lipinski definition) is 0. The molecule has 0 amide bonds. The largest absolute Gasteiger partial charge is 0.485 e. The predicted octanol–water partition coefficient (Wildman–Crippen LogP) is 3.07. The van der Waals surface area contributed by atoms with Gasteiger partial charge in [-0.05, 0) is 25.1 Å². The Morgan fingerprint density at radius 1 is 1.21 bits per heavy atom. The Labute approximate surface area is 144 Å². The molecule has 2 aromatic heterocycles. The molecule has 3 aromatic rings. The minimum absolute atomic E-state index is 0.163. The van der Waals surface area contributed by atoms with Crippen LogP contribution in [0, 0.1) is 0 Å². The molecule has 124 valence electrons. The number of hydrogen-bond acceptors (Lipinski definition) is 5. The Bertz CT molecular complexity index is 863. The second kappa shape index (κ2) is 7.31. The van der Waals surface area contributed by atoms with E-state index in [2.05, 4.69) is 10.2 Å². The smallest absolute Gasteiger partial charge is 0.310 e. The van der Waals surface area contributed by atoms with Crippen molar-refractivity contribution in [1.82, 2.24) is 14.6 Å². The van der Waals surface area contributed by atoms with Crippen molar-refractivity contribution in [3.05, 3.63) is 59.0 Å². The molecule has 0 bridgehead atoms. The topological polar surface area (TPSA) is 65.7 Å². The number of fused-ring (bicyclic) bond motifs is 1. The van der Waals surface area contributed by atoms with Gasteiger partial charge in [0.25, 0.3) is 0 Å². The zero-order valence-electron chi connectivity index (χ0n) is 13.1. The second-order valence-electron chi connectivity index (χ2n) is 5.07. The van der Waals surface area contributed by atoms with Crippen molar-refractivity contribution in [2.45, 2.75) is 20.0 Å². The van der Waals surface area contributed by atoms with Gasteiger partial charge in [0.15, 0.2) is 11.5 Å². The Kier molecular flexibility index (Phi) is 4.96. The van der Waals surface area contributed by atoms with Crippen molar-refractivity contribution in [2.75, 3.05) is 6.61 Å². The quantitative estimate of drug-likeness (QED) is 0.642. The number of aromatic nitrogens is 3. The molecule has 0 saturated heterocycles. The predicted molar refractivity (Wildman–Crippen MR) is 89.1 cm³/mol. The van der Waals surface area contributed by atoms with Crippen LogP contribution in [0.5, 0.6) is 5.75 Å². The molecule has 1 aromatic carbocycles. The first-order valence-corrected chi connectivity index (χ1v) is 7.90. The molecule has 7 heteroatoms. The Morgan fingerprint density at radius 2 is 2.04 bits per heavy atom. The molecule has 0 saturated carbocycles. The van der Waals surface area contributed by atoms with Crippen molar-refractivity contribution in [3.63, 3.8) is 0 Å². The summed E-state index contributed by atoms with van der Waals surface area (Å²) in [7, 11) is 0. The lowest BCUT2D eigenvalue weighted by Gasteiger charge is -2.10. The first-order valence-electron chi connectivity index (χ1n) is 7.53. The molecular formula is C17H16ClN3O3. The molecule has 3 rings (SSSR count). The summed E-state index contributed by atoms with van der Waals surface area (Å²) in [6.45, 7) is 2.34. The first-order chi connectivity index (χ1) is 11.7. The summed E-state index contributed by atoms with van der Waals surface area (Å²) < 4.78 is 12.6. The molecule has 0 aliphatic carbocycles. The molecular weight excluding hydrogens is 330 g/mol. The lowest BCUT2D eigenvalue weighted by atomic mass is 10.1. The van der Waals surface area contributed by atoms with E-state index >= 15 is 0 Å². The summed E-state index contributed by atoms with van der Waals surface area (Å²) in [5.41, 5.74) is 1.46. The zero-order valence-corrected chi connectivity index (χ0v) is 13.9. The highest BCUT2D eigenvalue weighted by molar-refractivity contribution is 6.30. The maximum absolute atomic E-state index is 11.7. The number of carbonyl (C=O) groups excluding carboxylic acids is 1. The van der Waals surface area contributed by atoms with E-state index < -0.39 is 0 Å². The van der Waals surface area contributed by atoms with Gasteiger partial charge in [-0.25, -0.2) is 0 Å². The van der Waals surface area contributed by atoms with Gasteiger partial charge in [0.2, 0.25) is 0 Å². The van der Waals surface area contributed by atoms with Crippen molar-refractivity contribution >= 4 is 23.2 Å². The van der Waals surface area contributed by atoms with E-state index in [1.165, 1.54) is 0 Å². The third-order valence-electron chi connectivity index (χ3n) is 3.41. The molecule has 0 atom stereocenters. The van der Waals surface area contributed by atoms with Crippen LogP contribution >= 0.6 is 11.6 Å². The van der Waals surface area contributed by atoms with Gasteiger partial charge in [0.05, 0.1) is 18.1 Å². The Morgan fingerprint density at radius 3 is 2.88 bits per heavy atom. The summed E-state index contributed by atoms with van der Waals surface area (Å²) in [6.07, 6.45) is 1.90. The molecule has 0 spiro atoms. The van der Waals surface area contributed by atoms with E-state index in [0.717, 1.165) is 5.56 Å². The summed E-state index contributed by atoms with van der Waals surface area (Å²) in [5, 5.41) is 8.77. The molecule has 0 radical (unpaired) electrons. The molecule has 2 heterocycles. The van der Waals surface area contributed by atoms with E-state index in [0.29, 0.717) is 28.9 Å². The molecule has 24 heavy (non-hydrogen) atoms. The Balaban J connectivity index is 1.76. The fourth-order valence-electron chi connectivity index (χ4n) is 2.31. The minimum atomic E-state index is -0.284. The number of carbonyl (C=O) groups is 1. The maximum Gasteiger partial charge on any atom is 0.310 e. The number of nitrogens with zero attached hydrogens (tertiary/aromatic N) is 3. The SMILES string of the molecule is CCOC(=O)Cc1ccccc1OCc1nnc2ccc(Cl)cn12. The monoisotopic (exact) mass is 345 g/mol. The van der Waals surface area contributed by atoms with Gasteiger partial charge in [-0.3, -0.25) is 9.20 Å². The third kappa shape index (κ3) is 3.65. The van der Waals surface area contributed by atoms with E-state index in [1.54, 1.807) is 29.7 Å². The van der Waals surface area contributed by atoms with Crippen LogP contribution < -0.4 is 4.74 Å². The molecule has 0 aliphatic rings. The van der Waals surface area contributed by atoms with Gasteiger partial charge in [-0.15, -0.1) is 10.2 Å². The molecule has 0 fully saturated rings. The minimum Gasteiger partial charge on any atom is -0.485 e. The van der Waals surface area contributed by atoms with E-state index in [9.17, 15) is 4.79 Å². The highest BCUT2D eigenvalue weighted by Gasteiger charge is 2.11. The van der Waals surface area contributed by atoms with Crippen LogP contribution in [-0.2, 0) is 22.6 Å². The van der Waals surface area contributed by atoms with E-state index in [4.69, 9.17) is 21.1 Å². The molecule has 0 N–H and O–H groups in total. The van der Waals surface area contributed by atoms with Crippen LogP contribution in [0.2, 0.25) is 5.02 Å². The normalized spacial score (nSPS) is 10.8.